The Kier molecular flexibility index (Phi) is 9.10. The van der Waals surface area contributed by atoms with Crippen LogP contribution in [0.2, 0.25) is 0 Å². The third kappa shape index (κ3) is 6.24. The molecule has 0 spiro atoms. The number of halogens is 1. The van der Waals surface area contributed by atoms with Gasteiger partial charge in [-0.15, -0.1) is 0 Å². The molecule has 4 rings (SSSR count). The lowest BCUT2D eigenvalue weighted by Crippen LogP contribution is -2.44. The predicted octanol–water partition coefficient (Wildman–Crippen LogP) is 4.84. The second-order valence-corrected chi connectivity index (χ2v) is 7.84. The Morgan fingerprint density at radius 1 is 1.17 bits per heavy atom. The number of nitrogens with two attached hydrogens (primary N) is 1. The molecule has 0 radical (unpaired) electrons. The molecule has 1 saturated heterocycles. The molecule has 1 amide bonds. The van der Waals surface area contributed by atoms with Crippen molar-refractivity contribution in [2.45, 2.75) is 32.7 Å². The maximum atomic E-state index is 14.9. The summed E-state index contributed by atoms with van der Waals surface area (Å²) in [6.45, 7) is 8.57. The molecule has 36 heavy (non-hydrogen) atoms. The van der Waals surface area contributed by atoms with Crippen LogP contribution in [0.15, 0.2) is 67.5 Å². The number of carbonyl (C=O) groups excluding carboxylic acids is 2. The van der Waals surface area contributed by atoms with E-state index < -0.39 is 11.6 Å². The molecule has 1 aliphatic rings. The van der Waals surface area contributed by atoms with Crippen LogP contribution in [0.3, 0.4) is 0 Å². The van der Waals surface area contributed by atoms with Crippen molar-refractivity contribution in [2.24, 2.45) is 0 Å². The Bertz CT molecular complexity index is 1220. The van der Waals surface area contributed by atoms with Crippen LogP contribution in [0.25, 0.3) is 0 Å². The second-order valence-electron chi connectivity index (χ2n) is 7.84. The molecule has 1 aliphatic heterocycles. The molecule has 9 heteroatoms. The van der Waals surface area contributed by atoms with E-state index in [1.807, 2.05) is 19.9 Å². The van der Waals surface area contributed by atoms with Gasteiger partial charge in [-0.1, -0.05) is 38.6 Å². The first kappa shape index (κ1) is 26.3. The van der Waals surface area contributed by atoms with Crippen LogP contribution in [0.4, 0.5) is 16.0 Å². The van der Waals surface area contributed by atoms with Gasteiger partial charge < -0.3 is 20.7 Å². The highest BCUT2D eigenvalue weighted by molar-refractivity contribution is 6.14. The van der Waals surface area contributed by atoms with Gasteiger partial charge in [-0.05, 0) is 43.2 Å². The molecule has 1 aromatic heterocycles. The third-order valence-corrected chi connectivity index (χ3v) is 5.52. The van der Waals surface area contributed by atoms with Gasteiger partial charge in [0.1, 0.15) is 40.8 Å². The van der Waals surface area contributed by atoms with Crippen molar-refractivity contribution in [2.75, 3.05) is 24.1 Å². The number of nitrogen functional groups attached to an aromatic ring is 1. The van der Waals surface area contributed by atoms with Crippen LogP contribution in [0.5, 0.6) is 11.5 Å². The highest BCUT2D eigenvalue weighted by Crippen LogP contribution is 2.28. The largest absolute Gasteiger partial charge is 0.457 e. The molecular weight excluding hydrogens is 461 g/mol. The van der Waals surface area contributed by atoms with E-state index in [9.17, 15) is 14.0 Å². The summed E-state index contributed by atoms with van der Waals surface area (Å²) in [6, 6.07) is 12.8. The number of amides is 1. The van der Waals surface area contributed by atoms with Crippen LogP contribution < -0.4 is 15.8 Å². The lowest BCUT2D eigenvalue weighted by atomic mass is 10.0. The third-order valence-electron chi connectivity index (χ3n) is 5.52. The lowest BCUT2D eigenvalue weighted by molar-refractivity contribution is -0.127. The Labute approximate surface area is 210 Å². The number of ketones is 1. The molecule has 1 atom stereocenters. The number of carbonyl (C=O) groups is 2. The molecule has 8 nitrogen and oxygen atoms in total. The highest BCUT2D eigenvalue weighted by Gasteiger charge is 2.27. The number of nitrogens with one attached hydrogen (secondary N) is 1. The monoisotopic (exact) mass is 491 g/mol. The first-order valence-corrected chi connectivity index (χ1v) is 11.8. The number of hydrogen-bond donors (Lipinski definition) is 2. The summed E-state index contributed by atoms with van der Waals surface area (Å²) in [4.78, 5) is 35.0. The molecular formula is C27H30FN5O3. The topological polar surface area (TPSA) is 110 Å². The fourth-order valence-electron chi connectivity index (χ4n) is 3.85. The summed E-state index contributed by atoms with van der Waals surface area (Å²) in [7, 11) is 0. The van der Waals surface area contributed by atoms with E-state index in [4.69, 9.17) is 10.5 Å². The van der Waals surface area contributed by atoms with Gasteiger partial charge in [0.25, 0.3) is 0 Å². The summed E-state index contributed by atoms with van der Waals surface area (Å²) in [6.07, 6.45) is 4.04. The smallest absolute Gasteiger partial charge is 0.246 e. The van der Waals surface area contributed by atoms with Crippen LogP contribution in [-0.4, -0.2) is 45.7 Å². The fourth-order valence-corrected chi connectivity index (χ4v) is 3.85. The summed E-state index contributed by atoms with van der Waals surface area (Å²) in [5.74, 6) is -0.646. The average Bonchev–Trinajstić information content (AvgIpc) is 2.90. The Hall–Kier alpha value is -4.27. The summed E-state index contributed by atoms with van der Waals surface area (Å²) < 4.78 is 20.6. The molecule has 3 N–H and O–H groups in total. The van der Waals surface area contributed by atoms with Gasteiger partial charge in [-0.2, -0.15) is 0 Å². The van der Waals surface area contributed by atoms with Crippen molar-refractivity contribution in [3.8, 4) is 11.5 Å². The van der Waals surface area contributed by atoms with Crippen molar-refractivity contribution >= 4 is 23.3 Å². The van der Waals surface area contributed by atoms with Gasteiger partial charge in [-0.25, -0.2) is 14.4 Å². The molecule has 2 aromatic carbocycles. The highest BCUT2D eigenvalue weighted by atomic mass is 19.1. The van der Waals surface area contributed by atoms with E-state index in [1.165, 1.54) is 24.5 Å². The number of nitrogens with zero attached hydrogens (tertiary/aromatic N) is 3. The van der Waals surface area contributed by atoms with Crippen molar-refractivity contribution in [3.63, 3.8) is 0 Å². The summed E-state index contributed by atoms with van der Waals surface area (Å²) in [5.41, 5.74) is 5.80. The van der Waals surface area contributed by atoms with Crippen molar-refractivity contribution in [1.82, 2.24) is 14.9 Å². The molecule has 0 unspecified atom stereocenters. The summed E-state index contributed by atoms with van der Waals surface area (Å²) in [5, 5.41) is 3.19. The minimum atomic E-state index is -0.756. The van der Waals surface area contributed by atoms with Gasteiger partial charge in [0.15, 0.2) is 0 Å². The van der Waals surface area contributed by atoms with Crippen molar-refractivity contribution in [3.05, 3.63) is 84.5 Å². The van der Waals surface area contributed by atoms with Crippen LogP contribution in [-0.2, 0) is 4.79 Å². The van der Waals surface area contributed by atoms with Gasteiger partial charge in [0.2, 0.25) is 11.7 Å². The van der Waals surface area contributed by atoms with Crippen molar-refractivity contribution < 1.29 is 18.7 Å². The number of piperidine rings is 1. The molecule has 2 heterocycles. The van der Waals surface area contributed by atoms with Gasteiger partial charge >= 0.3 is 0 Å². The molecule has 3 aromatic rings. The molecule has 1 fully saturated rings. The SMILES string of the molecule is C=CC(=O)N1CCC[C@@H](Nc2ncnc(N)c2C(=O)c2ccc(Oc3ccccc3)cc2F)C1.CC. The first-order chi connectivity index (χ1) is 17.5. The zero-order valence-electron chi connectivity index (χ0n) is 20.4. The van der Waals surface area contributed by atoms with E-state index in [0.717, 1.165) is 18.9 Å². The van der Waals surface area contributed by atoms with E-state index in [0.29, 0.717) is 18.8 Å². The van der Waals surface area contributed by atoms with Gasteiger partial charge in [0.05, 0.1) is 5.56 Å². The standard InChI is InChI=1S/C25H24FN5O3.C2H6/c1-2-21(32)31-12-6-7-16(14-31)30-25-22(24(27)28-15-29-25)23(33)19-11-10-18(13-20(19)26)34-17-8-4-3-5-9-17;1-2/h2-5,8-11,13,15-16H,1,6-7,12,14H2,(H3,27,28,29,30);1-2H3/t16-;/m1./s1. The minimum Gasteiger partial charge on any atom is -0.457 e. The van der Waals surface area contributed by atoms with Gasteiger partial charge in [-0.3, -0.25) is 9.59 Å². The quantitative estimate of drug-likeness (QED) is 0.360. The summed E-state index contributed by atoms with van der Waals surface area (Å²) >= 11 is 0. The predicted molar refractivity (Wildman–Crippen MR) is 138 cm³/mol. The zero-order chi connectivity index (χ0) is 26.1. The number of ether oxygens (including phenoxy) is 1. The normalized spacial score (nSPS) is 14.8. The molecule has 0 saturated carbocycles. The van der Waals surface area contributed by atoms with Crippen LogP contribution >= 0.6 is 0 Å². The van der Waals surface area contributed by atoms with E-state index in [1.54, 1.807) is 29.2 Å². The Morgan fingerprint density at radius 3 is 2.61 bits per heavy atom. The van der Waals surface area contributed by atoms with Crippen molar-refractivity contribution in [1.29, 1.82) is 0 Å². The van der Waals surface area contributed by atoms with Crippen LogP contribution in [0.1, 0.15) is 42.6 Å². The zero-order valence-corrected chi connectivity index (χ0v) is 20.4. The maximum absolute atomic E-state index is 14.9. The minimum absolute atomic E-state index is 0.0229. The number of para-hydroxylation sites is 1. The molecule has 188 valence electrons. The molecule has 0 aliphatic carbocycles. The average molecular weight is 492 g/mol. The number of rotatable bonds is 7. The number of aromatic nitrogens is 2. The van der Waals surface area contributed by atoms with E-state index in [-0.39, 0.29) is 40.5 Å². The van der Waals surface area contributed by atoms with E-state index >= 15 is 0 Å². The molecule has 0 bridgehead atoms. The first-order valence-electron chi connectivity index (χ1n) is 11.8. The Balaban J connectivity index is 0.00000176. The maximum Gasteiger partial charge on any atom is 0.246 e. The van der Waals surface area contributed by atoms with E-state index in [2.05, 4.69) is 21.9 Å². The van der Waals surface area contributed by atoms with Crippen LogP contribution in [0, 0.1) is 5.82 Å². The fraction of sp³-hybridized carbons (Fsp3) is 0.259. The number of benzene rings is 2. The number of anilines is 2. The number of hydrogen-bond acceptors (Lipinski definition) is 7. The van der Waals surface area contributed by atoms with Gasteiger partial charge in [0, 0.05) is 25.2 Å². The lowest BCUT2D eigenvalue weighted by Gasteiger charge is -2.33. The Morgan fingerprint density at radius 2 is 1.92 bits per heavy atom. The number of likely N-dealkylation sites (tertiary alicyclic amines) is 1. The second kappa shape index (κ2) is 12.4.